The summed E-state index contributed by atoms with van der Waals surface area (Å²) in [6, 6.07) is 6.04. The monoisotopic (exact) mass is 336 g/mol. The lowest BCUT2D eigenvalue weighted by molar-refractivity contribution is 0.123. The predicted molar refractivity (Wildman–Crippen MR) is 68.4 cm³/mol. The van der Waals surface area contributed by atoms with E-state index >= 15 is 0 Å². The quantitative estimate of drug-likeness (QED) is 0.641. The lowest BCUT2D eigenvalue weighted by atomic mass is 10.1. The molecule has 3 nitrogen and oxygen atoms in total. The van der Waals surface area contributed by atoms with E-state index in [4.69, 9.17) is 10.6 Å². The van der Waals surface area contributed by atoms with Gasteiger partial charge < -0.3 is 4.74 Å². The number of nitrogens with one attached hydrogen (secondary N) is 1. The third-order valence-corrected chi connectivity index (χ3v) is 2.89. The molecule has 0 amide bonds. The molecule has 0 aliphatic heterocycles. The fraction of sp³-hybridized carbons (Fsp3) is 0.400. The van der Waals surface area contributed by atoms with Crippen LogP contribution in [-0.4, -0.2) is 13.2 Å². The van der Waals surface area contributed by atoms with Crippen LogP contribution in [0.1, 0.15) is 18.5 Å². The summed E-state index contributed by atoms with van der Waals surface area (Å²) < 4.78 is 7.38. The molecule has 84 valence electrons. The molecule has 1 aromatic rings. The summed E-state index contributed by atoms with van der Waals surface area (Å²) in [5.74, 6) is 5.49. The van der Waals surface area contributed by atoms with Gasteiger partial charge in [-0.25, -0.2) is 0 Å². The van der Waals surface area contributed by atoms with Crippen molar-refractivity contribution < 1.29 is 4.74 Å². The zero-order valence-corrected chi connectivity index (χ0v) is 11.6. The van der Waals surface area contributed by atoms with Crippen LogP contribution in [0.5, 0.6) is 0 Å². The van der Waals surface area contributed by atoms with Crippen LogP contribution in [0.2, 0.25) is 0 Å². The second-order valence-corrected chi connectivity index (χ2v) is 4.91. The van der Waals surface area contributed by atoms with E-state index in [0.29, 0.717) is 13.2 Å². The van der Waals surface area contributed by atoms with E-state index in [9.17, 15) is 0 Å². The Balaban J connectivity index is 2.81. The Kier molecular flexibility index (Phi) is 5.78. The van der Waals surface area contributed by atoms with Gasteiger partial charge in [-0.1, -0.05) is 31.9 Å². The van der Waals surface area contributed by atoms with E-state index in [1.165, 1.54) is 0 Å². The summed E-state index contributed by atoms with van der Waals surface area (Å²) >= 11 is 6.88. The minimum Gasteiger partial charge on any atom is -0.380 e. The third-order valence-electron chi connectivity index (χ3n) is 1.98. The van der Waals surface area contributed by atoms with Gasteiger partial charge in [0.2, 0.25) is 0 Å². The van der Waals surface area contributed by atoms with Crippen LogP contribution in [0, 0.1) is 0 Å². The minimum absolute atomic E-state index is 0.0127. The van der Waals surface area contributed by atoms with Gasteiger partial charge in [-0.15, -0.1) is 0 Å². The van der Waals surface area contributed by atoms with Crippen molar-refractivity contribution in [2.45, 2.75) is 13.0 Å². The molecule has 1 atom stereocenters. The summed E-state index contributed by atoms with van der Waals surface area (Å²) in [5.41, 5.74) is 3.83. The van der Waals surface area contributed by atoms with Gasteiger partial charge in [0.05, 0.1) is 12.6 Å². The summed E-state index contributed by atoms with van der Waals surface area (Å²) in [7, 11) is 0. The first-order valence-electron chi connectivity index (χ1n) is 4.67. The summed E-state index contributed by atoms with van der Waals surface area (Å²) in [6.07, 6.45) is 0. The fourth-order valence-corrected chi connectivity index (χ4v) is 2.58. The van der Waals surface area contributed by atoms with E-state index in [-0.39, 0.29) is 6.04 Å². The third kappa shape index (κ3) is 4.20. The number of hydrogen-bond donors (Lipinski definition) is 2. The molecule has 15 heavy (non-hydrogen) atoms. The maximum absolute atomic E-state index is 5.49. The molecule has 0 aromatic heterocycles. The topological polar surface area (TPSA) is 47.3 Å². The minimum atomic E-state index is 0.0127. The zero-order chi connectivity index (χ0) is 11.3. The molecule has 0 bridgehead atoms. The van der Waals surface area contributed by atoms with Crippen molar-refractivity contribution in [1.29, 1.82) is 0 Å². The van der Waals surface area contributed by atoms with Crippen molar-refractivity contribution in [3.05, 3.63) is 32.7 Å². The number of halogens is 2. The highest BCUT2D eigenvalue weighted by molar-refractivity contribution is 9.11. The van der Waals surface area contributed by atoms with E-state index in [1.807, 2.05) is 25.1 Å². The highest BCUT2D eigenvalue weighted by Crippen LogP contribution is 2.24. The van der Waals surface area contributed by atoms with Crippen LogP contribution < -0.4 is 11.3 Å². The average Bonchev–Trinajstić information content (AvgIpc) is 2.17. The first-order valence-corrected chi connectivity index (χ1v) is 6.25. The van der Waals surface area contributed by atoms with Crippen LogP contribution in [0.25, 0.3) is 0 Å². The lowest BCUT2D eigenvalue weighted by Gasteiger charge is -2.16. The molecule has 0 heterocycles. The van der Waals surface area contributed by atoms with Gasteiger partial charge in [-0.3, -0.25) is 11.3 Å². The molecule has 1 rings (SSSR count). The van der Waals surface area contributed by atoms with Crippen LogP contribution in [-0.2, 0) is 4.74 Å². The van der Waals surface area contributed by atoms with Crippen LogP contribution in [0.15, 0.2) is 27.1 Å². The van der Waals surface area contributed by atoms with Crippen LogP contribution in [0.4, 0.5) is 0 Å². The van der Waals surface area contributed by atoms with Crippen molar-refractivity contribution >= 4 is 31.9 Å². The van der Waals surface area contributed by atoms with Crippen LogP contribution >= 0.6 is 31.9 Å². The molecule has 0 aliphatic carbocycles. The Morgan fingerprint density at radius 2 is 1.93 bits per heavy atom. The van der Waals surface area contributed by atoms with E-state index in [0.717, 1.165) is 14.5 Å². The summed E-state index contributed by atoms with van der Waals surface area (Å²) in [4.78, 5) is 0. The molecular weight excluding hydrogens is 324 g/mol. The highest BCUT2D eigenvalue weighted by Gasteiger charge is 2.10. The predicted octanol–water partition coefficient (Wildman–Crippen LogP) is 2.75. The van der Waals surface area contributed by atoms with Gasteiger partial charge in [-0.2, -0.15) is 0 Å². The van der Waals surface area contributed by atoms with Crippen LogP contribution in [0.3, 0.4) is 0 Å². The van der Waals surface area contributed by atoms with Gasteiger partial charge in [0.1, 0.15) is 0 Å². The molecule has 3 N–H and O–H groups in total. The highest BCUT2D eigenvalue weighted by atomic mass is 79.9. The van der Waals surface area contributed by atoms with Crippen molar-refractivity contribution in [2.75, 3.05) is 13.2 Å². The number of hydrogen-bond acceptors (Lipinski definition) is 3. The summed E-state index contributed by atoms with van der Waals surface area (Å²) in [6.45, 7) is 3.22. The normalized spacial score (nSPS) is 12.8. The van der Waals surface area contributed by atoms with Gasteiger partial charge in [0.15, 0.2) is 0 Å². The molecule has 5 heteroatoms. The van der Waals surface area contributed by atoms with Gasteiger partial charge >= 0.3 is 0 Å². The van der Waals surface area contributed by atoms with Gasteiger partial charge in [-0.05, 0) is 30.7 Å². The van der Waals surface area contributed by atoms with Crippen molar-refractivity contribution in [3.8, 4) is 0 Å². The Hall–Kier alpha value is 0.0600. The Morgan fingerprint density at radius 1 is 1.33 bits per heavy atom. The van der Waals surface area contributed by atoms with E-state index in [1.54, 1.807) is 0 Å². The Labute approximate surface area is 107 Å². The molecular formula is C10H14Br2N2O. The number of rotatable bonds is 5. The summed E-state index contributed by atoms with van der Waals surface area (Å²) in [5, 5.41) is 0. The maximum Gasteiger partial charge on any atom is 0.0694 e. The fourth-order valence-electron chi connectivity index (χ4n) is 1.25. The van der Waals surface area contributed by atoms with Gasteiger partial charge in [0, 0.05) is 15.6 Å². The molecule has 0 fully saturated rings. The second-order valence-electron chi connectivity index (χ2n) is 3.08. The zero-order valence-electron chi connectivity index (χ0n) is 8.47. The van der Waals surface area contributed by atoms with Gasteiger partial charge in [0.25, 0.3) is 0 Å². The number of benzene rings is 1. The maximum atomic E-state index is 5.49. The first-order chi connectivity index (χ1) is 7.17. The number of hydrazine groups is 1. The molecule has 1 unspecified atom stereocenters. The number of nitrogens with two attached hydrogens (primary N) is 1. The molecule has 1 aromatic carbocycles. The van der Waals surface area contributed by atoms with Crippen molar-refractivity contribution in [3.63, 3.8) is 0 Å². The standard InChI is InChI=1S/C10H14Br2N2O/c1-2-15-6-10(14-13)7-3-8(11)5-9(12)4-7/h3-5,10,14H,2,6,13H2,1H3. The smallest absolute Gasteiger partial charge is 0.0694 e. The molecule has 0 saturated carbocycles. The second kappa shape index (κ2) is 6.60. The van der Waals surface area contributed by atoms with E-state index < -0.39 is 0 Å². The molecule has 0 spiro atoms. The largest absolute Gasteiger partial charge is 0.380 e. The lowest BCUT2D eigenvalue weighted by Crippen LogP contribution is -2.31. The number of ether oxygens (including phenoxy) is 1. The van der Waals surface area contributed by atoms with Crippen molar-refractivity contribution in [2.24, 2.45) is 5.84 Å². The van der Waals surface area contributed by atoms with E-state index in [2.05, 4.69) is 37.3 Å². The van der Waals surface area contributed by atoms with Crippen molar-refractivity contribution in [1.82, 2.24) is 5.43 Å². The first kappa shape index (κ1) is 13.1. The average molecular weight is 338 g/mol. The molecule has 0 saturated heterocycles. The Bertz CT molecular complexity index is 300. The SMILES string of the molecule is CCOCC(NN)c1cc(Br)cc(Br)c1. The molecule has 0 radical (unpaired) electrons. The Morgan fingerprint density at radius 3 is 2.40 bits per heavy atom. The molecule has 0 aliphatic rings.